The lowest BCUT2D eigenvalue weighted by Gasteiger charge is -2.32. The van der Waals surface area contributed by atoms with Crippen LogP contribution in [0.25, 0.3) is 11.3 Å². The van der Waals surface area contributed by atoms with Gasteiger partial charge in [0.1, 0.15) is 11.6 Å². The highest BCUT2D eigenvalue weighted by Crippen LogP contribution is 2.24. The van der Waals surface area contributed by atoms with Crippen molar-refractivity contribution in [2.45, 2.75) is 33.2 Å². The summed E-state index contributed by atoms with van der Waals surface area (Å²) in [6.45, 7) is 5.57. The monoisotopic (exact) mass is 436 g/mol. The van der Waals surface area contributed by atoms with E-state index >= 15 is 0 Å². The van der Waals surface area contributed by atoms with Gasteiger partial charge in [0.15, 0.2) is 5.82 Å². The molecule has 1 atom stereocenters. The van der Waals surface area contributed by atoms with Crippen LogP contribution < -0.4 is 10.2 Å². The van der Waals surface area contributed by atoms with Crippen LogP contribution in [0.15, 0.2) is 48.5 Å². The molecule has 5 nitrogen and oxygen atoms in total. The van der Waals surface area contributed by atoms with E-state index < -0.39 is 11.6 Å². The van der Waals surface area contributed by atoms with Crippen molar-refractivity contribution >= 4 is 11.7 Å². The Morgan fingerprint density at radius 3 is 2.50 bits per heavy atom. The van der Waals surface area contributed by atoms with Crippen LogP contribution in [0.2, 0.25) is 0 Å². The van der Waals surface area contributed by atoms with Gasteiger partial charge >= 0.3 is 0 Å². The van der Waals surface area contributed by atoms with E-state index in [9.17, 15) is 13.6 Å². The first-order valence-corrected chi connectivity index (χ1v) is 10.8. The number of benzene rings is 2. The van der Waals surface area contributed by atoms with Gasteiger partial charge in [0.25, 0.3) is 0 Å². The Balaban J connectivity index is 1.38. The molecule has 32 heavy (non-hydrogen) atoms. The number of nitrogens with zero attached hydrogens (tertiary/aromatic N) is 3. The standard InChI is InChI=1S/C25H26F2N4O/c1-16-5-6-19(10-17(16)2)23-7-8-24(30-29-23)31-9-3-4-20(15-31)25(32)28-14-18-11-21(26)13-22(27)12-18/h5-8,10-13,20H,3-4,9,14-15H2,1-2H3,(H,28,32)/t20-/m0/s1. The van der Waals surface area contributed by atoms with Crippen LogP contribution in [0.4, 0.5) is 14.6 Å². The van der Waals surface area contributed by atoms with Crippen LogP contribution >= 0.6 is 0 Å². The fourth-order valence-electron chi connectivity index (χ4n) is 3.99. The maximum absolute atomic E-state index is 13.3. The van der Waals surface area contributed by atoms with Gasteiger partial charge in [-0.2, -0.15) is 0 Å². The third kappa shape index (κ3) is 5.10. The summed E-state index contributed by atoms with van der Waals surface area (Å²) in [6.07, 6.45) is 1.61. The molecule has 1 N–H and O–H groups in total. The molecular weight excluding hydrogens is 410 g/mol. The summed E-state index contributed by atoms with van der Waals surface area (Å²) < 4.78 is 26.7. The summed E-state index contributed by atoms with van der Waals surface area (Å²) in [5, 5.41) is 11.6. The quantitative estimate of drug-likeness (QED) is 0.637. The zero-order valence-electron chi connectivity index (χ0n) is 18.2. The third-order valence-electron chi connectivity index (χ3n) is 5.96. The van der Waals surface area contributed by atoms with Gasteiger partial charge in [-0.15, -0.1) is 10.2 Å². The number of aromatic nitrogens is 2. The molecule has 4 rings (SSSR count). The van der Waals surface area contributed by atoms with Gasteiger partial charge in [0, 0.05) is 31.3 Å². The molecule has 0 radical (unpaired) electrons. The molecule has 2 heterocycles. The maximum Gasteiger partial charge on any atom is 0.225 e. The molecule has 2 aromatic carbocycles. The Bertz CT molecular complexity index is 1100. The lowest BCUT2D eigenvalue weighted by atomic mass is 9.97. The van der Waals surface area contributed by atoms with Gasteiger partial charge in [-0.05, 0) is 73.7 Å². The number of carbonyl (C=O) groups excluding carboxylic acids is 1. The molecule has 0 spiro atoms. The number of rotatable bonds is 5. The second-order valence-electron chi connectivity index (χ2n) is 8.36. The van der Waals surface area contributed by atoms with Crippen molar-refractivity contribution in [3.8, 4) is 11.3 Å². The number of aryl methyl sites for hydroxylation is 2. The zero-order valence-corrected chi connectivity index (χ0v) is 18.2. The van der Waals surface area contributed by atoms with Gasteiger partial charge in [0.05, 0.1) is 11.6 Å². The number of piperidine rings is 1. The van der Waals surface area contributed by atoms with E-state index in [1.165, 1.54) is 23.3 Å². The minimum Gasteiger partial charge on any atom is -0.354 e. The summed E-state index contributed by atoms with van der Waals surface area (Å²) in [4.78, 5) is 14.7. The van der Waals surface area contributed by atoms with E-state index in [2.05, 4.69) is 46.4 Å². The number of hydrogen-bond donors (Lipinski definition) is 1. The topological polar surface area (TPSA) is 58.1 Å². The molecule has 0 unspecified atom stereocenters. The van der Waals surface area contributed by atoms with Gasteiger partial charge in [0.2, 0.25) is 5.91 Å². The van der Waals surface area contributed by atoms with Gasteiger partial charge in [-0.1, -0.05) is 12.1 Å². The van der Waals surface area contributed by atoms with E-state index in [-0.39, 0.29) is 18.4 Å². The van der Waals surface area contributed by atoms with Crippen molar-refractivity contribution in [3.63, 3.8) is 0 Å². The number of halogens is 2. The minimum atomic E-state index is -0.652. The normalized spacial score (nSPS) is 16.1. The predicted octanol–water partition coefficient (Wildman–Crippen LogP) is 4.57. The molecule has 7 heteroatoms. The molecule has 1 aliphatic rings. The number of carbonyl (C=O) groups is 1. The van der Waals surface area contributed by atoms with Crippen LogP contribution in [-0.2, 0) is 11.3 Å². The molecule has 166 valence electrons. The van der Waals surface area contributed by atoms with Crippen molar-refractivity contribution in [3.05, 3.63) is 76.9 Å². The molecule has 3 aromatic rings. The van der Waals surface area contributed by atoms with Crippen molar-refractivity contribution < 1.29 is 13.6 Å². The van der Waals surface area contributed by atoms with Crippen molar-refractivity contribution in [2.24, 2.45) is 5.92 Å². The summed E-state index contributed by atoms with van der Waals surface area (Å²) in [5.41, 5.74) is 4.68. The van der Waals surface area contributed by atoms with Crippen LogP contribution in [0.3, 0.4) is 0 Å². The molecule has 0 saturated carbocycles. The Kier molecular flexibility index (Phi) is 6.44. The minimum absolute atomic E-state index is 0.0917. The Morgan fingerprint density at radius 1 is 1.03 bits per heavy atom. The largest absolute Gasteiger partial charge is 0.354 e. The van der Waals surface area contributed by atoms with Gasteiger partial charge < -0.3 is 10.2 Å². The molecule has 1 aliphatic heterocycles. The molecule has 0 aliphatic carbocycles. The molecule has 1 saturated heterocycles. The molecule has 1 fully saturated rings. The van der Waals surface area contributed by atoms with Crippen molar-refractivity contribution in [1.29, 1.82) is 0 Å². The van der Waals surface area contributed by atoms with E-state index in [4.69, 9.17) is 0 Å². The van der Waals surface area contributed by atoms with E-state index in [1.54, 1.807) is 0 Å². The number of amides is 1. The first-order chi connectivity index (χ1) is 15.4. The summed E-state index contributed by atoms with van der Waals surface area (Å²) >= 11 is 0. The highest BCUT2D eigenvalue weighted by atomic mass is 19.1. The SMILES string of the molecule is Cc1ccc(-c2ccc(N3CCC[C@H](C(=O)NCc4cc(F)cc(F)c4)C3)nn2)cc1C. The number of hydrogen-bond acceptors (Lipinski definition) is 4. The highest BCUT2D eigenvalue weighted by Gasteiger charge is 2.26. The molecule has 0 bridgehead atoms. The average Bonchev–Trinajstić information content (AvgIpc) is 2.79. The number of nitrogens with one attached hydrogen (secondary N) is 1. The Hall–Kier alpha value is -3.35. The van der Waals surface area contributed by atoms with Crippen LogP contribution in [-0.4, -0.2) is 29.2 Å². The van der Waals surface area contributed by atoms with Crippen LogP contribution in [0.1, 0.15) is 29.5 Å². The van der Waals surface area contributed by atoms with Gasteiger partial charge in [-0.3, -0.25) is 4.79 Å². The van der Waals surface area contributed by atoms with Crippen molar-refractivity contribution in [2.75, 3.05) is 18.0 Å². The number of anilines is 1. The first kappa shape index (κ1) is 21.9. The van der Waals surface area contributed by atoms with E-state index in [0.717, 1.165) is 42.5 Å². The lowest BCUT2D eigenvalue weighted by Crippen LogP contribution is -2.43. The lowest BCUT2D eigenvalue weighted by molar-refractivity contribution is -0.125. The summed E-state index contributed by atoms with van der Waals surface area (Å²) in [5.74, 6) is -0.911. The van der Waals surface area contributed by atoms with E-state index in [1.807, 2.05) is 18.2 Å². The summed E-state index contributed by atoms with van der Waals surface area (Å²) in [7, 11) is 0. The maximum atomic E-state index is 13.3. The second kappa shape index (κ2) is 9.42. The van der Waals surface area contributed by atoms with Crippen LogP contribution in [0, 0.1) is 31.4 Å². The Morgan fingerprint density at radius 2 is 1.81 bits per heavy atom. The smallest absolute Gasteiger partial charge is 0.225 e. The average molecular weight is 437 g/mol. The zero-order chi connectivity index (χ0) is 22.7. The van der Waals surface area contributed by atoms with E-state index in [0.29, 0.717) is 12.1 Å². The van der Waals surface area contributed by atoms with Crippen LogP contribution in [0.5, 0.6) is 0 Å². The molecule has 1 aromatic heterocycles. The van der Waals surface area contributed by atoms with Gasteiger partial charge in [-0.25, -0.2) is 8.78 Å². The highest BCUT2D eigenvalue weighted by molar-refractivity contribution is 5.79. The Labute approximate surface area is 186 Å². The second-order valence-corrected chi connectivity index (χ2v) is 8.36. The first-order valence-electron chi connectivity index (χ1n) is 10.8. The summed E-state index contributed by atoms with van der Waals surface area (Å²) in [6, 6.07) is 13.4. The third-order valence-corrected chi connectivity index (χ3v) is 5.96. The fraction of sp³-hybridized carbons (Fsp3) is 0.320. The predicted molar refractivity (Wildman–Crippen MR) is 120 cm³/mol. The fourth-order valence-corrected chi connectivity index (χ4v) is 3.99. The molecular formula is C25H26F2N4O. The molecule has 1 amide bonds. The van der Waals surface area contributed by atoms with Crippen molar-refractivity contribution in [1.82, 2.24) is 15.5 Å².